The quantitative estimate of drug-likeness (QED) is 0.709. The topological polar surface area (TPSA) is 100 Å². The van der Waals surface area contributed by atoms with Crippen LogP contribution in [0.4, 0.5) is 4.79 Å². The average Bonchev–Trinajstić information content (AvgIpc) is 2.79. The van der Waals surface area contributed by atoms with E-state index in [0.29, 0.717) is 43.2 Å². The summed E-state index contributed by atoms with van der Waals surface area (Å²) >= 11 is 0. The number of nitrogens with zero attached hydrogens (tertiary/aromatic N) is 2. The zero-order valence-electron chi connectivity index (χ0n) is 18.3. The first-order valence-corrected chi connectivity index (χ1v) is 10.8. The molecule has 0 unspecified atom stereocenters. The van der Waals surface area contributed by atoms with E-state index in [1.807, 2.05) is 4.90 Å². The van der Waals surface area contributed by atoms with Gasteiger partial charge in [-0.05, 0) is 25.0 Å². The van der Waals surface area contributed by atoms with Gasteiger partial charge in [0.1, 0.15) is 11.5 Å². The van der Waals surface area contributed by atoms with Crippen molar-refractivity contribution in [3.8, 4) is 11.5 Å². The van der Waals surface area contributed by atoms with Crippen LogP contribution in [0.1, 0.15) is 42.5 Å². The summed E-state index contributed by atoms with van der Waals surface area (Å²) in [4.78, 5) is 40.8. The number of carbonyl (C=O) groups excluding carboxylic acids is 3. The van der Waals surface area contributed by atoms with Crippen molar-refractivity contribution in [2.75, 3.05) is 46.9 Å². The summed E-state index contributed by atoms with van der Waals surface area (Å²) in [5, 5.41) is 5.30. The van der Waals surface area contributed by atoms with E-state index in [4.69, 9.17) is 9.47 Å². The van der Waals surface area contributed by atoms with Gasteiger partial charge in [0.2, 0.25) is 5.91 Å². The van der Waals surface area contributed by atoms with Crippen molar-refractivity contribution in [3.63, 3.8) is 0 Å². The lowest BCUT2D eigenvalue weighted by molar-refractivity contribution is -0.121. The Hall–Kier alpha value is -2.81. The minimum atomic E-state index is -0.419. The fourth-order valence-corrected chi connectivity index (χ4v) is 4.06. The number of ether oxygens (including phenoxy) is 2. The Morgan fingerprint density at radius 2 is 1.55 bits per heavy atom. The van der Waals surface area contributed by atoms with Crippen molar-refractivity contribution in [2.24, 2.45) is 0 Å². The van der Waals surface area contributed by atoms with E-state index in [-0.39, 0.29) is 24.4 Å². The van der Waals surface area contributed by atoms with Crippen LogP contribution in [0.2, 0.25) is 0 Å². The van der Waals surface area contributed by atoms with E-state index in [1.54, 1.807) is 37.3 Å². The van der Waals surface area contributed by atoms with E-state index < -0.39 is 6.03 Å². The van der Waals surface area contributed by atoms with Crippen molar-refractivity contribution in [3.05, 3.63) is 23.8 Å². The summed E-state index contributed by atoms with van der Waals surface area (Å²) in [7, 11) is 3.09. The smallest absolute Gasteiger partial charge is 0.321 e. The van der Waals surface area contributed by atoms with Crippen LogP contribution in [0.15, 0.2) is 18.2 Å². The number of nitrogens with one attached hydrogen (secondary N) is 2. The summed E-state index contributed by atoms with van der Waals surface area (Å²) < 4.78 is 10.5. The second-order valence-electron chi connectivity index (χ2n) is 8.03. The molecule has 0 bridgehead atoms. The third-order valence-electron chi connectivity index (χ3n) is 5.82. The predicted octanol–water partition coefficient (Wildman–Crippen LogP) is 1.62. The zero-order chi connectivity index (χ0) is 22.2. The lowest BCUT2D eigenvalue weighted by Crippen LogP contribution is -2.53. The molecule has 31 heavy (non-hydrogen) atoms. The molecule has 1 aliphatic heterocycles. The molecule has 1 aliphatic carbocycles. The van der Waals surface area contributed by atoms with Gasteiger partial charge in [0.25, 0.3) is 5.91 Å². The molecule has 9 heteroatoms. The molecule has 2 fully saturated rings. The molecule has 170 valence electrons. The number of rotatable bonds is 6. The van der Waals surface area contributed by atoms with Gasteiger partial charge in [0.15, 0.2) is 0 Å². The molecule has 0 aromatic heterocycles. The fourth-order valence-electron chi connectivity index (χ4n) is 4.06. The van der Waals surface area contributed by atoms with Crippen molar-refractivity contribution >= 4 is 17.8 Å². The first kappa shape index (κ1) is 22.9. The fraction of sp³-hybridized carbons (Fsp3) is 0.591. The van der Waals surface area contributed by atoms with E-state index in [2.05, 4.69) is 10.6 Å². The van der Waals surface area contributed by atoms with Crippen LogP contribution in [0.25, 0.3) is 0 Å². The van der Waals surface area contributed by atoms with E-state index in [1.165, 1.54) is 6.42 Å². The number of carbonyl (C=O) groups is 3. The third kappa shape index (κ3) is 6.58. The highest BCUT2D eigenvalue weighted by molar-refractivity contribution is 5.96. The molecule has 1 aromatic rings. The highest BCUT2D eigenvalue weighted by Gasteiger charge is 2.25. The van der Waals surface area contributed by atoms with E-state index in [0.717, 1.165) is 25.7 Å². The maximum atomic E-state index is 12.9. The number of urea groups is 1. The lowest BCUT2D eigenvalue weighted by Gasteiger charge is -2.34. The number of amides is 4. The largest absolute Gasteiger partial charge is 0.497 e. The Morgan fingerprint density at radius 1 is 0.935 bits per heavy atom. The number of imide groups is 1. The molecule has 0 spiro atoms. The molecule has 1 heterocycles. The van der Waals surface area contributed by atoms with Gasteiger partial charge in [-0.2, -0.15) is 0 Å². The van der Waals surface area contributed by atoms with Gasteiger partial charge >= 0.3 is 6.03 Å². The number of hydrogen-bond donors (Lipinski definition) is 2. The van der Waals surface area contributed by atoms with Crippen molar-refractivity contribution in [1.29, 1.82) is 0 Å². The van der Waals surface area contributed by atoms with Crippen molar-refractivity contribution in [2.45, 2.75) is 38.1 Å². The van der Waals surface area contributed by atoms with Crippen LogP contribution in [-0.2, 0) is 4.79 Å². The molecular formula is C22H32N4O5. The molecule has 3 rings (SSSR count). The molecule has 1 saturated carbocycles. The zero-order valence-corrected chi connectivity index (χ0v) is 18.3. The summed E-state index contributed by atoms with van der Waals surface area (Å²) in [6.07, 6.45) is 5.38. The Kier molecular flexibility index (Phi) is 8.11. The number of piperazine rings is 1. The highest BCUT2D eigenvalue weighted by Crippen LogP contribution is 2.24. The predicted molar refractivity (Wildman–Crippen MR) is 115 cm³/mol. The first-order chi connectivity index (χ1) is 15.0. The van der Waals surface area contributed by atoms with Crippen LogP contribution in [0.3, 0.4) is 0 Å². The molecule has 1 aromatic carbocycles. The molecular weight excluding hydrogens is 400 g/mol. The Labute approximate surface area is 183 Å². The third-order valence-corrected chi connectivity index (χ3v) is 5.82. The standard InChI is InChI=1S/C22H32N4O5/c1-30-18-12-16(13-19(14-18)31-2)21(28)26-10-8-25(9-11-26)15-20(27)24-22(29)23-17-6-4-3-5-7-17/h12-14,17H,3-11,15H2,1-2H3,(H2,23,24,27,29). The number of methoxy groups -OCH3 is 2. The SMILES string of the molecule is COc1cc(OC)cc(C(=O)N2CCN(CC(=O)NC(=O)NC3CCCCC3)CC2)c1. The monoisotopic (exact) mass is 432 g/mol. The van der Waals surface area contributed by atoms with Gasteiger partial charge in [-0.15, -0.1) is 0 Å². The molecule has 2 N–H and O–H groups in total. The summed E-state index contributed by atoms with van der Waals surface area (Å²) in [5.41, 5.74) is 0.502. The summed E-state index contributed by atoms with van der Waals surface area (Å²) in [6, 6.07) is 4.84. The van der Waals surface area contributed by atoms with Gasteiger partial charge in [-0.25, -0.2) is 4.79 Å². The Bertz CT molecular complexity index is 764. The second kappa shape index (κ2) is 11.0. The molecule has 0 atom stereocenters. The second-order valence-corrected chi connectivity index (χ2v) is 8.03. The van der Waals surface area contributed by atoms with Crippen LogP contribution >= 0.6 is 0 Å². The van der Waals surface area contributed by atoms with Gasteiger partial charge in [-0.3, -0.25) is 19.8 Å². The van der Waals surface area contributed by atoms with Gasteiger partial charge in [-0.1, -0.05) is 19.3 Å². The van der Waals surface area contributed by atoms with Crippen LogP contribution in [0.5, 0.6) is 11.5 Å². The molecule has 0 radical (unpaired) electrons. The highest BCUT2D eigenvalue weighted by atomic mass is 16.5. The molecule has 2 aliphatic rings. The molecule has 4 amide bonds. The van der Waals surface area contributed by atoms with Crippen molar-refractivity contribution < 1.29 is 23.9 Å². The maximum Gasteiger partial charge on any atom is 0.321 e. The molecule has 1 saturated heterocycles. The lowest BCUT2D eigenvalue weighted by atomic mass is 9.96. The number of hydrogen-bond acceptors (Lipinski definition) is 6. The Morgan fingerprint density at radius 3 is 2.13 bits per heavy atom. The van der Waals surface area contributed by atoms with Crippen molar-refractivity contribution in [1.82, 2.24) is 20.4 Å². The van der Waals surface area contributed by atoms with E-state index in [9.17, 15) is 14.4 Å². The van der Waals surface area contributed by atoms with Crippen LogP contribution in [-0.4, -0.2) is 80.6 Å². The van der Waals surface area contributed by atoms with Crippen LogP contribution in [0, 0.1) is 0 Å². The minimum absolute atomic E-state index is 0.104. The first-order valence-electron chi connectivity index (χ1n) is 10.8. The van der Waals surface area contributed by atoms with E-state index >= 15 is 0 Å². The molecule has 9 nitrogen and oxygen atoms in total. The number of benzene rings is 1. The van der Waals surface area contributed by atoms with Crippen LogP contribution < -0.4 is 20.1 Å². The summed E-state index contributed by atoms with van der Waals surface area (Å²) in [5.74, 6) is 0.688. The Balaban J connectivity index is 1.44. The summed E-state index contributed by atoms with van der Waals surface area (Å²) in [6.45, 7) is 2.25. The van der Waals surface area contributed by atoms with Gasteiger partial charge in [0.05, 0.1) is 20.8 Å². The minimum Gasteiger partial charge on any atom is -0.497 e. The maximum absolute atomic E-state index is 12.9. The van der Waals surface area contributed by atoms with Gasteiger partial charge < -0.3 is 19.7 Å². The average molecular weight is 433 g/mol. The normalized spacial score (nSPS) is 17.7. The van der Waals surface area contributed by atoms with Gasteiger partial charge in [0, 0.05) is 43.9 Å².